The normalized spacial score (nSPS) is 18.8. The van der Waals surface area contributed by atoms with Crippen LogP contribution in [0.5, 0.6) is 0 Å². The van der Waals surface area contributed by atoms with Crippen molar-refractivity contribution in [3.05, 3.63) is 82.9 Å². The number of benzene rings is 2. The van der Waals surface area contributed by atoms with Gasteiger partial charge in [-0.25, -0.2) is 9.07 Å². The Morgan fingerprint density at radius 1 is 1.19 bits per heavy atom. The van der Waals surface area contributed by atoms with E-state index in [1.54, 1.807) is 13.0 Å². The third-order valence-corrected chi connectivity index (χ3v) is 5.60. The second kappa shape index (κ2) is 6.65. The highest BCUT2D eigenvalue weighted by atomic mass is 19.1. The fourth-order valence-electron chi connectivity index (χ4n) is 4.19. The van der Waals surface area contributed by atoms with E-state index in [0.29, 0.717) is 30.4 Å². The minimum absolute atomic E-state index is 0.304. The van der Waals surface area contributed by atoms with Crippen molar-refractivity contribution in [2.75, 3.05) is 7.11 Å². The fourth-order valence-corrected chi connectivity index (χ4v) is 4.19. The highest BCUT2D eigenvalue weighted by Gasteiger charge is 2.46. The number of nitrogens with zero attached hydrogens (tertiary/aromatic N) is 2. The Hall–Kier alpha value is -2.95. The predicted octanol–water partition coefficient (Wildman–Crippen LogP) is 3.92. The van der Waals surface area contributed by atoms with E-state index in [1.165, 1.54) is 13.2 Å². The molecule has 0 amide bonds. The van der Waals surface area contributed by atoms with Gasteiger partial charge in [-0.05, 0) is 61.1 Å². The summed E-state index contributed by atoms with van der Waals surface area (Å²) in [7, 11) is 1.39. The number of para-hydroxylation sites is 1. The number of aromatic nitrogens is 2. The van der Waals surface area contributed by atoms with Gasteiger partial charge in [0, 0.05) is 5.69 Å². The highest BCUT2D eigenvalue weighted by Crippen LogP contribution is 2.41. The summed E-state index contributed by atoms with van der Waals surface area (Å²) in [5.41, 5.74) is 3.40. The summed E-state index contributed by atoms with van der Waals surface area (Å²) in [5, 5.41) is 4.54. The Morgan fingerprint density at radius 2 is 1.96 bits per heavy atom. The van der Waals surface area contributed by atoms with Crippen LogP contribution in [0.4, 0.5) is 4.39 Å². The number of esters is 1. The van der Waals surface area contributed by atoms with Crippen LogP contribution in [0.25, 0.3) is 5.69 Å². The highest BCUT2D eigenvalue weighted by molar-refractivity contribution is 5.84. The third kappa shape index (κ3) is 2.74. The molecular weight excluding hydrogens is 343 g/mol. The van der Waals surface area contributed by atoms with Gasteiger partial charge < -0.3 is 4.74 Å². The van der Waals surface area contributed by atoms with Crippen LogP contribution in [-0.2, 0) is 27.8 Å². The van der Waals surface area contributed by atoms with Crippen LogP contribution in [0, 0.1) is 12.7 Å². The molecule has 4 nitrogen and oxygen atoms in total. The van der Waals surface area contributed by atoms with Crippen LogP contribution < -0.4 is 0 Å². The third-order valence-electron chi connectivity index (χ3n) is 5.60. The molecule has 1 aliphatic carbocycles. The number of hydrogen-bond acceptors (Lipinski definition) is 3. The molecule has 1 unspecified atom stereocenters. The van der Waals surface area contributed by atoms with Gasteiger partial charge in [-0.3, -0.25) is 4.79 Å². The second-order valence-corrected chi connectivity index (χ2v) is 7.03. The van der Waals surface area contributed by atoms with Gasteiger partial charge in [-0.1, -0.05) is 30.3 Å². The van der Waals surface area contributed by atoms with E-state index >= 15 is 0 Å². The van der Waals surface area contributed by atoms with E-state index < -0.39 is 5.41 Å². The Kier molecular flexibility index (Phi) is 4.30. The van der Waals surface area contributed by atoms with Crippen molar-refractivity contribution in [2.24, 2.45) is 0 Å². The molecule has 0 radical (unpaired) electrons. The van der Waals surface area contributed by atoms with E-state index in [4.69, 9.17) is 4.74 Å². The van der Waals surface area contributed by atoms with E-state index in [2.05, 4.69) is 5.10 Å². The molecule has 0 fully saturated rings. The Bertz CT molecular complexity index is 997. The molecule has 1 heterocycles. The van der Waals surface area contributed by atoms with Crippen molar-refractivity contribution < 1.29 is 13.9 Å². The van der Waals surface area contributed by atoms with E-state index in [1.807, 2.05) is 47.3 Å². The molecule has 1 aromatic heterocycles. The summed E-state index contributed by atoms with van der Waals surface area (Å²) in [6.45, 7) is 1.72. The first-order chi connectivity index (χ1) is 13.1. The summed E-state index contributed by atoms with van der Waals surface area (Å²) in [4.78, 5) is 12.9. The van der Waals surface area contributed by atoms with Gasteiger partial charge in [-0.15, -0.1) is 0 Å². The minimum atomic E-state index is -0.890. The zero-order valence-electron chi connectivity index (χ0n) is 15.4. The van der Waals surface area contributed by atoms with Crippen LogP contribution >= 0.6 is 0 Å². The molecule has 0 saturated heterocycles. The number of fused-ring (bicyclic) bond motifs is 1. The van der Waals surface area contributed by atoms with Crippen LogP contribution in [0.15, 0.2) is 54.7 Å². The maximum absolute atomic E-state index is 14.2. The molecule has 4 rings (SSSR count). The van der Waals surface area contributed by atoms with Crippen LogP contribution in [-0.4, -0.2) is 22.9 Å². The molecule has 2 aromatic carbocycles. The van der Waals surface area contributed by atoms with Crippen molar-refractivity contribution in [1.29, 1.82) is 0 Å². The van der Waals surface area contributed by atoms with Gasteiger partial charge >= 0.3 is 5.97 Å². The minimum Gasteiger partial charge on any atom is -0.468 e. The van der Waals surface area contributed by atoms with E-state index in [0.717, 1.165) is 16.9 Å². The molecular formula is C22H21FN2O2. The Labute approximate surface area is 157 Å². The zero-order chi connectivity index (χ0) is 19.0. The van der Waals surface area contributed by atoms with Crippen molar-refractivity contribution in [2.45, 2.75) is 31.6 Å². The topological polar surface area (TPSA) is 44.1 Å². The fraction of sp³-hybridized carbons (Fsp3) is 0.273. The van der Waals surface area contributed by atoms with Gasteiger partial charge in [-0.2, -0.15) is 5.10 Å². The number of carbonyl (C=O) groups is 1. The lowest BCUT2D eigenvalue weighted by molar-refractivity contribution is -0.148. The molecule has 0 bridgehead atoms. The van der Waals surface area contributed by atoms with Gasteiger partial charge in [0.1, 0.15) is 5.82 Å². The summed E-state index contributed by atoms with van der Waals surface area (Å²) in [5.74, 6) is -0.629. The first-order valence-electron chi connectivity index (χ1n) is 9.02. The van der Waals surface area contributed by atoms with Crippen molar-refractivity contribution in [3.63, 3.8) is 0 Å². The molecule has 0 saturated carbocycles. The number of carbonyl (C=O) groups excluding carboxylic acids is 1. The van der Waals surface area contributed by atoms with Gasteiger partial charge in [0.25, 0.3) is 0 Å². The second-order valence-electron chi connectivity index (χ2n) is 7.03. The quantitative estimate of drug-likeness (QED) is 0.662. The molecule has 1 atom stereocenters. The van der Waals surface area contributed by atoms with Crippen LogP contribution in [0.3, 0.4) is 0 Å². The van der Waals surface area contributed by atoms with Gasteiger partial charge in [0.15, 0.2) is 0 Å². The number of ether oxygens (including phenoxy) is 1. The largest absolute Gasteiger partial charge is 0.468 e. The number of rotatable bonds is 3. The molecule has 0 aliphatic heterocycles. The maximum atomic E-state index is 14.2. The first kappa shape index (κ1) is 17.5. The lowest BCUT2D eigenvalue weighted by atomic mass is 9.67. The molecule has 0 N–H and O–H groups in total. The number of halogens is 1. The predicted molar refractivity (Wildman–Crippen MR) is 100 cm³/mol. The molecule has 5 heteroatoms. The molecule has 138 valence electrons. The van der Waals surface area contributed by atoms with Crippen molar-refractivity contribution >= 4 is 5.97 Å². The summed E-state index contributed by atoms with van der Waals surface area (Å²) in [6.07, 6.45) is 3.48. The first-order valence-corrected chi connectivity index (χ1v) is 9.02. The summed E-state index contributed by atoms with van der Waals surface area (Å²) >= 11 is 0. The van der Waals surface area contributed by atoms with E-state index in [-0.39, 0.29) is 11.8 Å². The average Bonchev–Trinajstić information content (AvgIpc) is 3.12. The molecule has 0 spiro atoms. The van der Waals surface area contributed by atoms with E-state index in [9.17, 15) is 9.18 Å². The average molecular weight is 364 g/mol. The van der Waals surface area contributed by atoms with Crippen LogP contribution in [0.1, 0.15) is 28.8 Å². The summed E-state index contributed by atoms with van der Waals surface area (Å²) in [6, 6.07) is 14.8. The zero-order valence-corrected chi connectivity index (χ0v) is 15.4. The monoisotopic (exact) mass is 364 g/mol. The van der Waals surface area contributed by atoms with Gasteiger partial charge in [0.05, 0.1) is 24.4 Å². The van der Waals surface area contributed by atoms with Gasteiger partial charge in [0.2, 0.25) is 0 Å². The lowest BCUT2D eigenvalue weighted by Gasteiger charge is -2.36. The van der Waals surface area contributed by atoms with Crippen molar-refractivity contribution in [3.8, 4) is 5.69 Å². The van der Waals surface area contributed by atoms with Crippen molar-refractivity contribution in [1.82, 2.24) is 9.78 Å². The molecule has 3 aromatic rings. The Balaban J connectivity index is 1.81. The standard InChI is InChI=1S/C22H21FN2O2/c1-15-18(9-6-10-19(15)23)22(21(26)27-2)12-11-20-16(13-22)14-24-25(20)17-7-4-3-5-8-17/h3-10,14H,11-13H2,1-2H3. The molecule has 1 aliphatic rings. The van der Waals surface area contributed by atoms with Crippen LogP contribution in [0.2, 0.25) is 0 Å². The number of methoxy groups -OCH3 is 1. The summed E-state index contributed by atoms with van der Waals surface area (Å²) < 4.78 is 21.3. The maximum Gasteiger partial charge on any atom is 0.316 e. The molecule has 27 heavy (non-hydrogen) atoms. The Morgan fingerprint density at radius 3 is 2.70 bits per heavy atom. The SMILES string of the molecule is COC(=O)C1(c2cccc(F)c2C)CCc2c(cnn2-c2ccccc2)C1. The lowest BCUT2D eigenvalue weighted by Crippen LogP contribution is -2.43. The smallest absolute Gasteiger partial charge is 0.316 e. The number of hydrogen-bond donors (Lipinski definition) is 0.